The molecule has 10 atom stereocenters. The van der Waals surface area contributed by atoms with Crippen molar-refractivity contribution in [3.63, 3.8) is 0 Å². The minimum atomic E-state index is -0.407. The lowest BCUT2D eigenvalue weighted by atomic mass is 9.73. The lowest BCUT2D eigenvalue weighted by Gasteiger charge is -2.47. The van der Waals surface area contributed by atoms with Crippen LogP contribution in [0.15, 0.2) is 48.5 Å². The molecule has 4 saturated heterocycles. The van der Waals surface area contributed by atoms with E-state index in [9.17, 15) is 19.2 Å². The number of rotatable bonds is 10. The number of esters is 4. The molecule has 5 aliphatic rings. The number of hydrogen-bond acceptors (Lipinski definition) is 8. The van der Waals surface area contributed by atoms with Crippen LogP contribution < -0.4 is 9.47 Å². The highest BCUT2D eigenvalue weighted by atomic mass is 16.6. The minimum absolute atomic E-state index is 0.114. The summed E-state index contributed by atoms with van der Waals surface area (Å²) >= 11 is 0. The van der Waals surface area contributed by atoms with Crippen LogP contribution in [0.3, 0.4) is 0 Å². The van der Waals surface area contributed by atoms with Gasteiger partial charge in [0.05, 0.1) is 50.1 Å². The number of benzene rings is 2. The van der Waals surface area contributed by atoms with Crippen molar-refractivity contribution < 1.29 is 47.1 Å². The summed E-state index contributed by atoms with van der Waals surface area (Å²) in [6, 6.07) is 17.2. The number of piperidine rings is 2. The molecule has 1 saturated carbocycles. The summed E-state index contributed by atoms with van der Waals surface area (Å²) < 4.78 is 24.6. The number of carbonyl (C=O) groups excluding carboxylic acids is 4. The van der Waals surface area contributed by atoms with Crippen molar-refractivity contribution in [1.29, 1.82) is 0 Å². The van der Waals surface area contributed by atoms with E-state index < -0.39 is 11.8 Å². The summed E-state index contributed by atoms with van der Waals surface area (Å²) in [6.45, 7) is 4.58. The largest absolute Gasteiger partial charge is 0.462 e. The summed E-state index contributed by atoms with van der Waals surface area (Å²) in [5, 5.41) is 0. The van der Waals surface area contributed by atoms with E-state index in [1.54, 1.807) is 0 Å². The second-order valence-corrected chi connectivity index (χ2v) is 16.1. The Balaban J connectivity index is 0.891. The van der Waals surface area contributed by atoms with E-state index in [2.05, 4.69) is 14.1 Å². The minimum Gasteiger partial charge on any atom is -0.462 e. The van der Waals surface area contributed by atoms with Crippen LogP contribution >= 0.6 is 0 Å². The Morgan fingerprint density at radius 1 is 0.540 bits per heavy atom. The van der Waals surface area contributed by atoms with Gasteiger partial charge in [-0.2, -0.15) is 0 Å². The van der Waals surface area contributed by atoms with Gasteiger partial charge in [-0.15, -0.1) is 0 Å². The molecule has 4 heterocycles. The molecule has 268 valence electrons. The predicted octanol–water partition coefficient (Wildman–Crippen LogP) is 5.63. The fourth-order valence-electron chi connectivity index (χ4n) is 10.1. The molecule has 50 heavy (non-hydrogen) atoms. The zero-order valence-electron chi connectivity index (χ0n) is 29.9. The lowest BCUT2D eigenvalue weighted by Crippen LogP contribution is -2.58. The Labute approximate surface area is 295 Å². The van der Waals surface area contributed by atoms with Gasteiger partial charge in [-0.1, -0.05) is 0 Å². The molecule has 0 amide bonds. The fraction of sp³-hybridized carbons (Fsp3) is 0.600. The predicted molar refractivity (Wildman–Crippen MR) is 183 cm³/mol. The van der Waals surface area contributed by atoms with Crippen LogP contribution in [-0.4, -0.2) is 83.3 Å². The van der Waals surface area contributed by atoms with Crippen molar-refractivity contribution in [3.8, 4) is 11.5 Å². The van der Waals surface area contributed by atoms with Crippen molar-refractivity contribution in [2.75, 3.05) is 14.1 Å². The molecule has 7 rings (SSSR count). The molecule has 4 bridgehead atoms. The number of nitrogens with zero attached hydrogens (tertiary/aromatic N) is 2. The Morgan fingerprint density at radius 2 is 0.860 bits per heavy atom. The molecular formula is C40H52N2O8+2. The van der Waals surface area contributed by atoms with Crippen LogP contribution in [0.4, 0.5) is 0 Å². The van der Waals surface area contributed by atoms with Gasteiger partial charge in [0.15, 0.2) is 0 Å². The topological polar surface area (TPSA) is 105 Å². The molecule has 0 spiro atoms. The first-order valence-electron chi connectivity index (χ1n) is 18.5. The van der Waals surface area contributed by atoms with Gasteiger partial charge in [-0.3, -0.25) is 19.2 Å². The molecule has 2 aromatic carbocycles. The molecule has 2 aromatic rings. The maximum atomic E-state index is 13.4. The Morgan fingerprint density at radius 3 is 1.14 bits per heavy atom. The number of hydrogen-bond donors (Lipinski definition) is 0. The molecule has 10 nitrogen and oxygen atoms in total. The summed E-state index contributed by atoms with van der Waals surface area (Å²) in [5.74, 6) is -0.808. The molecule has 0 radical (unpaired) electrons. The van der Waals surface area contributed by atoms with E-state index in [1.807, 2.05) is 48.5 Å². The Bertz CT molecular complexity index is 1460. The molecule has 4 aliphatic heterocycles. The van der Waals surface area contributed by atoms with Gasteiger partial charge < -0.3 is 27.9 Å². The molecule has 0 N–H and O–H groups in total. The van der Waals surface area contributed by atoms with Gasteiger partial charge in [0.2, 0.25) is 0 Å². The van der Waals surface area contributed by atoms with E-state index >= 15 is 0 Å². The number of fused-ring (bicyclic) bond motifs is 4. The van der Waals surface area contributed by atoms with Gasteiger partial charge in [0.1, 0.15) is 36.8 Å². The smallest absolute Gasteiger partial charge is 0.310 e. The van der Waals surface area contributed by atoms with E-state index in [4.69, 9.17) is 18.9 Å². The molecule has 0 aromatic heterocycles. The number of quaternary nitrogens is 2. The van der Waals surface area contributed by atoms with Crippen LogP contribution in [0.1, 0.15) is 89.2 Å². The number of ether oxygens (including phenoxy) is 4. The highest BCUT2D eigenvalue weighted by Gasteiger charge is 2.55. The van der Waals surface area contributed by atoms with E-state index in [-0.39, 0.29) is 36.1 Å². The van der Waals surface area contributed by atoms with Crippen LogP contribution in [0.5, 0.6) is 11.5 Å². The van der Waals surface area contributed by atoms with Crippen molar-refractivity contribution in [1.82, 2.24) is 0 Å². The highest BCUT2D eigenvalue weighted by Crippen LogP contribution is 2.46. The average Bonchev–Trinajstić information content (AvgIpc) is 3.26. The summed E-state index contributed by atoms with van der Waals surface area (Å²) in [4.78, 5) is 49.5. The van der Waals surface area contributed by atoms with Crippen molar-refractivity contribution in [3.05, 3.63) is 59.7 Å². The quantitative estimate of drug-likeness (QED) is 0.180. The van der Waals surface area contributed by atoms with Gasteiger partial charge in [0.25, 0.3) is 0 Å². The van der Waals surface area contributed by atoms with E-state index in [1.165, 1.54) is 25.0 Å². The summed E-state index contributed by atoms with van der Waals surface area (Å²) in [5.41, 5.74) is 2.40. The van der Waals surface area contributed by atoms with Gasteiger partial charge in [0, 0.05) is 76.3 Å². The monoisotopic (exact) mass is 688 g/mol. The molecular weight excluding hydrogens is 636 g/mol. The van der Waals surface area contributed by atoms with Crippen LogP contribution in [0, 0.1) is 11.8 Å². The van der Waals surface area contributed by atoms with Gasteiger partial charge >= 0.3 is 23.9 Å². The zero-order chi connectivity index (χ0) is 35.2. The maximum absolute atomic E-state index is 13.4. The molecule has 6 unspecified atom stereocenters. The maximum Gasteiger partial charge on any atom is 0.310 e. The second-order valence-electron chi connectivity index (χ2n) is 16.1. The molecule has 1 aliphatic carbocycles. The van der Waals surface area contributed by atoms with E-state index in [0.717, 1.165) is 73.4 Å². The average molecular weight is 689 g/mol. The highest BCUT2D eigenvalue weighted by molar-refractivity contribution is 5.84. The number of carbonyl (C=O) groups is 4. The SMILES string of the molecule is CC(=O)Oc1ccc(C[N+]2(C)[C@@H]3CC[C@H]2CC(OC(=O)C2CCC2C(=O)OC2C[C@H]4CC[C@@H](C2)[N+]4(C)Cc2ccc(OC(C)=O)cc2)C3)cc1. The van der Waals surface area contributed by atoms with Crippen molar-refractivity contribution in [2.24, 2.45) is 11.8 Å². The first-order valence-corrected chi connectivity index (χ1v) is 18.5. The standard InChI is InChI=1S/C40H52N2O8/c1-25(43)47-33-13-5-27(6-14-33)23-41(3)29-9-10-30(41)20-35(19-29)49-39(45)37-17-18-38(37)40(46)50-36-21-31-11-12-32(22-36)42(31,4)24-28-7-15-34(16-8-28)48-26(2)44/h5-8,13-16,29-32,35-38H,9-12,17-24H2,1-4H3/q+2/t29-,30+,31-,32+,35?,36?,37?,38?,41?,42?. The third-order valence-corrected chi connectivity index (χ3v) is 13.0. The molecule has 5 fully saturated rings. The van der Waals surface area contributed by atoms with Crippen LogP contribution in [0.2, 0.25) is 0 Å². The van der Waals surface area contributed by atoms with Gasteiger partial charge in [-0.05, 0) is 61.4 Å². The van der Waals surface area contributed by atoms with Crippen molar-refractivity contribution >= 4 is 23.9 Å². The van der Waals surface area contributed by atoms with Gasteiger partial charge in [-0.25, -0.2) is 0 Å². The second kappa shape index (κ2) is 13.8. The first kappa shape index (κ1) is 34.7. The summed E-state index contributed by atoms with van der Waals surface area (Å²) in [7, 11) is 4.64. The van der Waals surface area contributed by atoms with Crippen LogP contribution in [-0.2, 0) is 41.7 Å². The van der Waals surface area contributed by atoms with E-state index in [0.29, 0.717) is 48.5 Å². The first-order chi connectivity index (χ1) is 23.9. The molecule has 10 heteroatoms. The normalized spacial score (nSPS) is 35.4. The zero-order valence-corrected chi connectivity index (χ0v) is 29.9. The Hall–Kier alpha value is -3.76. The Kier molecular flexibility index (Phi) is 9.54. The lowest BCUT2D eigenvalue weighted by molar-refractivity contribution is -0.961. The third kappa shape index (κ3) is 6.93. The van der Waals surface area contributed by atoms with Crippen molar-refractivity contribution in [2.45, 2.75) is 128 Å². The van der Waals surface area contributed by atoms with Crippen LogP contribution in [0.25, 0.3) is 0 Å². The summed E-state index contributed by atoms with van der Waals surface area (Å²) in [6.07, 6.45) is 8.93. The fourth-order valence-corrected chi connectivity index (χ4v) is 10.1. The third-order valence-electron chi connectivity index (χ3n) is 13.0.